The van der Waals surface area contributed by atoms with Crippen molar-refractivity contribution in [3.05, 3.63) is 12.2 Å². The molecule has 0 radical (unpaired) electrons. The fraction of sp³-hybridized carbons (Fsp3) is 0.857. The molecule has 0 aromatic rings. The van der Waals surface area contributed by atoms with E-state index >= 15 is 0 Å². The number of rotatable bonds is 14. The Morgan fingerprint density at radius 1 is 0.917 bits per heavy atom. The van der Waals surface area contributed by atoms with Gasteiger partial charge in [-0.25, -0.2) is 0 Å². The molecule has 0 heterocycles. The van der Waals surface area contributed by atoms with Crippen molar-refractivity contribution in [2.24, 2.45) is 5.41 Å². The largest absolute Gasteiger partial charge is 0.342 e. The van der Waals surface area contributed by atoms with Crippen molar-refractivity contribution in [1.29, 1.82) is 0 Å². The van der Waals surface area contributed by atoms with Crippen LogP contribution in [0.3, 0.4) is 0 Å². The Bertz CT molecular complexity index is 352. The smallest absolute Gasteiger partial charge is 0.246 e. The summed E-state index contributed by atoms with van der Waals surface area (Å²) >= 11 is 0. The molecule has 142 valence electrons. The molecule has 3 heteroatoms. The highest BCUT2D eigenvalue weighted by Crippen LogP contribution is 2.32. The van der Waals surface area contributed by atoms with Gasteiger partial charge in [0.05, 0.1) is 0 Å². The third kappa shape index (κ3) is 11.7. The maximum absolute atomic E-state index is 12.3. The van der Waals surface area contributed by atoms with Gasteiger partial charge in [0, 0.05) is 26.2 Å². The molecular weight excluding hydrogens is 296 g/mol. The molecule has 0 fully saturated rings. The zero-order valence-electron chi connectivity index (χ0n) is 17.2. The summed E-state index contributed by atoms with van der Waals surface area (Å²) in [5.74, 6) is 0.132. The Morgan fingerprint density at radius 3 is 2.00 bits per heavy atom. The summed E-state index contributed by atoms with van der Waals surface area (Å²) in [6.07, 6.45) is 15.2. The summed E-state index contributed by atoms with van der Waals surface area (Å²) in [5, 5.41) is 0. The Kier molecular flexibility index (Phi) is 13.0. The lowest BCUT2D eigenvalue weighted by molar-refractivity contribution is -0.126. The Balaban J connectivity index is 4.58. The number of hydrogen-bond acceptors (Lipinski definition) is 2. The SMILES string of the molecule is CCCCCCC(C)(CCCCC)CN(C)C(=O)/C=C/CN(C)C. The Morgan fingerprint density at radius 2 is 1.46 bits per heavy atom. The fourth-order valence-electron chi connectivity index (χ4n) is 3.21. The van der Waals surface area contributed by atoms with Crippen LogP contribution in [0.1, 0.15) is 78.6 Å². The number of nitrogens with zero attached hydrogens (tertiary/aromatic N) is 2. The van der Waals surface area contributed by atoms with Crippen LogP contribution in [0, 0.1) is 5.41 Å². The maximum atomic E-state index is 12.3. The molecule has 0 N–H and O–H groups in total. The van der Waals surface area contributed by atoms with Gasteiger partial charge in [-0.3, -0.25) is 4.79 Å². The summed E-state index contributed by atoms with van der Waals surface area (Å²) in [6, 6.07) is 0. The van der Waals surface area contributed by atoms with Gasteiger partial charge in [-0.15, -0.1) is 0 Å². The van der Waals surface area contributed by atoms with E-state index in [-0.39, 0.29) is 11.3 Å². The van der Waals surface area contributed by atoms with E-state index in [0.29, 0.717) is 0 Å². The molecule has 0 aliphatic carbocycles. The highest BCUT2D eigenvalue weighted by Gasteiger charge is 2.26. The van der Waals surface area contributed by atoms with Gasteiger partial charge in [-0.2, -0.15) is 0 Å². The highest BCUT2D eigenvalue weighted by atomic mass is 16.2. The van der Waals surface area contributed by atoms with Gasteiger partial charge >= 0.3 is 0 Å². The summed E-state index contributed by atoms with van der Waals surface area (Å²) in [7, 11) is 5.98. The van der Waals surface area contributed by atoms with Gasteiger partial charge < -0.3 is 9.80 Å². The number of hydrogen-bond donors (Lipinski definition) is 0. The van der Waals surface area contributed by atoms with Gasteiger partial charge in [0.1, 0.15) is 0 Å². The zero-order valence-corrected chi connectivity index (χ0v) is 17.2. The van der Waals surface area contributed by atoms with Crippen LogP contribution in [-0.2, 0) is 4.79 Å². The molecule has 1 amide bonds. The third-order valence-electron chi connectivity index (χ3n) is 4.74. The molecule has 0 saturated heterocycles. The van der Waals surface area contributed by atoms with E-state index in [1.807, 2.05) is 32.1 Å². The molecule has 0 aliphatic rings. The highest BCUT2D eigenvalue weighted by molar-refractivity contribution is 5.87. The minimum absolute atomic E-state index is 0.132. The lowest BCUT2D eigenvalue weighted by Crippen LogP contribution is -2.37. The molecule has 0 aromatic heterocycles. The summed E-state index contributed by atoms with van der Waals surface area (Å²) < 4.78 is 0. The summed E-state index contributed by atoms with van der Waals surface area (Å²) in [5.41, 5.74) is 0.253. The number of unbranched alkanes of at least 4 members (excludes halogenated alkanes) is 5. The van der Waals surface area contributed by atoms with E-state index < -0.39 is 0 Å². The van der Waals surface area contributed by atoms with Gasteiger partial charge in [0.25, 0.3) is 0 Å². The van der Waals surface area contributed by atoms with Crippen LogP contribution in [-0.4, -0.2) is 49.9 Å². The third-order valence-corrected chi connectivity index (χ3v) is 4.74. The first-order valence-corrected chi connectivity index (χ1v) is 9.91. The normalized spacial score (nSPS) is 14.3. The van der Waals surface area contributed by atoms with E-state index in [1.54, 1.807) is 6.08 Å². The van der Waals surface area contributed by atoms with Crippen molar-refractivity contribution in [2.75, 3.05) is 34.2 Å². The van der Waals surface area contributed by atoms with Crippen LogP contribution in [0.2, 0.25) is 0 Å². The molecule has 0 aromatic carbocycles. The predicted octanol–water partition coefficient (Wildman–Crippen LogP) is 5.12. The second-order valence-electron chi connectivity index (χ2n) is 7.94. The van der Waals surface area contributed by atoms with Gasteiger partial charge in [0.2, 0.25) is 5.91 Å². The topological polar surface area (TPSA) is 23.6 Å². The first-order valence-electron chi connectivity index (χ1n) is 9.91. The van der Waals surface area contributed by atoms with Crippen molar-refractivity contribution < 1.29 is 4.79 Å². The second-order valence-corrected chi connectivity index (χ2v) is 7.94. The molecule has 0 spiro atoms. The Hall–Kier alpha value is -0.830. The molecule has 1 unspecified atom stereocenters. The van der Waals surface area contributed by atoms with Crippen LogP contribution in [0.5, 0.6) is 0 Å². The van der Waals surface area contributed by atoms with Crippen LogP contribution in [0.15, 0.2) is 12.2 Å². The second kappa shape index (κ2) is 13.5. The molecule has 1 atom stereocenters. The van der Waals surface area contributed by atoms with Crippen molar-refractivity contribution in [3.8, 4) is 0 Å². The van der Waals surface area contributed by atoms with E-state index in [1.165, 1.54) is 57.8 Å². The first kappa shape index (κ1) is 23.2. The van der Waals surface area contributed by atoms with E-state index in [0.717, 1.165) is 13.1 Å². The van der Waals surface area contributed by atoms with Crippen LogP contribution in [0.4, 0.5) is 0 Å². The molecular formula is C21H42N2O. The Labute approximate surface area is 151 Å². The average molecular weight is 339 g/mol. The van der Waals surface area contributed by atoms with Crippen molar-refractivity contribution in [3.63, 3.8) is 0 Å². The number of amides is 1. The average Bonchev–Trinajstić information content (AvgIpc) is 2.51. The fourth-order valence-corrected chi connectivity index (χ4v) is 3.21. The van der Waals surface area contributed by atoms with Gasteiger partial charge in [-0.1, -0.05) is 71.8 Å². The first-order chi connectivity index (χ1) is 11.3. The minimum atomic E-state index is 0.132. The standard InChI is InChI=1S/C21H42N2O/c1-7-9-11-13-17-21(3,16-12-10-8-2)19-23(6)20(24)15-14-18-22(4)5/h14-15H,7-13,16-19H2,1-6H3/b15-14+. The zero-order chi connectivity index (χ0) is 18.4. The lowest BCUT2D eigenvalue weighted by atomic mass is 9.79. The molecule has 3 nitrogen and oxygen atoms in total. The van der Waals surface area contributed by atoms with Crippen molar-refractivity contribution in [1.82, 2.24) is 9.80 Å². The number of likely N-dealkylation sites (N-methyl/N-ethyl adjacent to an activating group) is 2. The van der Waals surface area contributed by atoms with Gasteiger partial charge in [0.15, 0.2) is 0 Å². The van der Waals surface area contributed by atoms with Crippen molar-refractivity contribution in [2.45, 2.75) is 78.6 Å². The number of carbonyl (C=O) groups excluding carboxylic acids is 1. The quantitative estimate of drug-likeness (QED) is 0.324. The van der Waals surface area contributed by atoms with Crippen LogP contribution < -0.4 is 0 Å². The molecule has 0 rings (SSSR count). The predicted molar refractivity (Wildman–Crippen MR) is 106 cm³/mol. The summed E-state index contributed by atoms with van der Waals surface area (Å²) in [4.78, 5) is 16.3. The molecule has 0 bridgehead atoms. The maximum Gasteiger partial charge on any atom is 0.246 e. The molecule has 0 saturated carbocycles. The van der Waals surface area contributed by atoms with Crippen molar-refractivity contribution >= 4 is 5.91 Å². The van der Waals surface area contributed by atoms with E-state index in [4.69, 9.17) is 0 Å². The minimum Gasteiger partial charge on any atom is -0.342 e. The molecule has 0 aliphatic heterocycles. The van der Waals surface area contributed by atoms with Crippen LogP contribution in [0.25, 0.3) is 0 Å². The number of carbonyl (C=O) groups is 1. The van der Waals surface area contributed by atoms with E-state index in [9.17, 15) is 4.79 Å². The lowest BCUT2D eigenvalue weighted by Gasteiger charge is -2.34. The summed E-state index contributed by atoms with van der Waals surface area (Å²) in [6.45, 7) is 8.57. The van der Waals surface area contributed by atoms with E-state index in [2.05, 4.69) is 25.7 Å². The van der Waals surface area contributed by atoms with Gasteiger partial charge in [-0.05, 0) is 32.4 Å². The molecule has 24 heavy (non-hydrogen) atoms. The monoisotopic (exact) mass is 338 g/mol. The van der Waals surface area contributed by atoms with Crippen LogP contribution >= 0.6 is 0 Å².